The van der Waals surface area contributed by atoms with E-state index in [0.717, 1.165) is 6.92 Å². The first-order valence-corrected chi connectivity index (χ1v) is 2.38. The second kappa shape index (κ2) is 5.54. The summed E-state index contributed by atoms with van der Waals surface area (Å²) in [6.07, 6.45) is 2.93. The molecular formula is C4H6N4O2. The Morgan fingerprint density at radius 2 is 1.60 bits per heavy atom. The van der Waals surface area contributed by atoms with Gasteiger partial charge in [-0.1, -0.05) is 0 Å². The third-order valence-electron chi connectivity index (χ3n) is 0.343. The highest BCUT2D eigenvalue weighted by Gasteiger charge is 1.65. The highest BCUT2D eigenvalue weighted by atomic mass is 16.4. The van der Waals surface area contributed by atoms with Crippen molar-refractivity contribution in [2.24, 2.45) is 0 Å². The Labute approximate surface area is 56.9 Å². The van der Waals surface area contributed by atoms with E-state index in [1.54, 1.807) is 0 Å². The van der Waals surface area contributed by atoms with Crippen molar-refractivity contribution >= 4 is 5.97 Å². The zero-order valence-corrected chi connectivity index (χ0v) is 5.30. The molecule has 0 fully saturated rings. The maximum Gasteiger partial charge on any atom is 0.300 e. The van der Waals surface area contributed by atoms with Crippen LogP contribution in [-0.2, 0) is 4.79 Å². The van der Waals surface area contributed by atoms with Crippen LogP contribution in [0.5, 0.6) is 0 Å². The Morgan fingerprint density at radius 3 is 1.70 bits per heavy atom. The van der Waals surface area contributed by atoms with Crippen molar-refractivity contribution in [3.05, 3.63) is 12.4 Å². The van der Waals surface area contributed by atoms with Gasteiger partial charge in [0.05, 0.1) is 12.4 Å². The van der Waals surface area contributed by atoms with Crippen molar-refractivity contribution in [3.8, 4) is 0 Å². The van der Waals surface area contributed by atoms with Gasteiger partial charge in [0, 0.05) is 6.92 Å². The summed E-state index contributed by atoms with van der Waals surface area (Å²) in [6, 6.07) is 0. The van der Waals surface area contributed by atoms with Crippen LogP contribution in [0.1, 0.15) is 6.92 Å². The molecule has 0 radical (unpaired) electrons. The van der Waals surface area contributed by atoms with Crippen LogP contribution in [0.3, 0.4) is 0 Å². The van der Waals surface area contributed by atoms with Crippen LogP contribution in [0.2, 0.25) is 0 Å². The topological polar surface area (TPSA) is 88.9 Å². The van der Waals surface area contributed by atoms with Gasteiger partial charge in [-0.3, -0.25) is 4.79 Å². The molecule has 0 aliphatic carbocycles. The van der Waals surface area contributed by atoms with E-state index in [-0.39, 0.29) is 0 Å². The van der Waals surface area contributed by atoms with Crippen LogP contribution in [0.25, 0.3) is 0 Å². The maximum atomic E-state index is 9.00. The molecule has 0 atom stereocenters. The molecule has 1 N–H and O–H groups in total. The van der Waals surface area contributed by atoms with Crippen LogP contribution >= 0.6 is 0 Å². The number of carboxylic acids is 1. The molecule has 0 amide bonds. The van der Waals surface area contributed by atoms with Gasteiger partial charge in [-0.15, -0.1) is 10.2 Å². The van der Waals surface area contributed by atoms with Crippen molar-refractivity contribution in [1.29, 1.82) is 0 Å². The monoisotopic (exact) mass is 142 g/mol. The fourth-order valence-electron chi connectivity index (χ4n) is 0.165. The molecule has 1 heterocycles. The fraction of sp³-hybridized carbons (Fsp3) is 0.250. The van der Waals surface area contributed by atoms with Gasteiger partial charge in [-0.05, 0) is 10.4 Å². The molecular weight excluding hydrogens is 136 g/mol. The lowest BCUT2D eigenvalue weighted by molar-refractivity contribution is -0.134. The zero-order chi connectivity index (χ0) is 7.82. The number of aliphatic carboxylic acids is 1. The van der Waals surface area contributed by atoms with Crippen LogP contribution in [0.15, 0.2) is 12.4 Å². The average molecular weight is 142 g/mol. The van der Waals surface area contributed by atoms with E-state index in [1.165, 1.54) is 12.4 Å². The first-order chi connectivity index (χ1) is 4.73. The number of carbonyl (C=O) groups is 1. The van der Waals surface area contributed by atoms with Crippen molar-refractivity contribution in [2.45, 2.75) is 6.92 Å². The summed E-state index contributed by atoms with van der Waals surface area (Å²) in [5.74, 6) is -0.833. The summed E-state index contributed by atoms with van der Waals surface area (Å²) in [5.41, 5.74) is 0. The SMILES string of the molecule is CC(=O)O.c1cnnnn1. The van der Waals surface area contributed by atoms with Crippen LogP contribution in [0.4, 0.5) is 0 Å². The van der Waals surface area contributed by atoms with E-state index >= 15 is 0 Å². The Balaban J connectivity index is 0.000000180. The molecule has 10 heavy (non-hydrogen) atoms. The molecule has 54 valence electrons. The molecule has 0 unspecified atom stereocenters. The van der Waals surface area contributed by atoms with E-state index in [1.807, 2.05) is 0 Å². The van der Waals surface area contributed by atoms with Crippen LogP contribution in [0, 0.1) is 0 Å². The van der Waals surface area contributed by atoms with Crippen LogP contribution < -0.4 is 0 Å². The van der Waals surface area contributed by atoms with Crippen molar-refractivity contribution in [3.63, 3.8) is 0 Å². The average Bonchev–Trinajstić information content (AvgIpc) is 1.90. The highest BCUT2D eigenvalue weighted by Crippen LogP contribution is 1.53. The lowest BCUT2D eigenvalue weighted by Crippen LogP contribution is -1.84. The quantitative estimate of drug-likeness (QED) is 0.518. The van der Waals surface area contributed by atoms with E-state index in [0.29, 0.717) is 0 Å². The maximum absolute atomic E-state index is 9.00. The number of nitrogens with zero attached hydrogens (tertiary/aromatic N) is 4. The number of hydrogen-bond donors (Lipinski definition) is 1. The molecule has 6 nitrogen and oxygen atoms in total. The molecule has 0 bridgehead atoms. The summed E-state index contributed by atoms with van der Waals surface area (Å²) in [7, 11) is 0. The molecule has 0 saturated carbocycles. The molecule has 0 aliphatic rings. The molecule has 1 aromatic heterocycles. The first-order valence-electron chi connectivity index (χ1n) is 2.38. The second-order valence-electron chi connectivity index (χ2n) is 1.23. The lowest BCUT2D eigenvalue weighted by Gasteiger charge is -1.67. The summed E-state index contributed by atoms with van der Waals surface area (Å²) in [5, 5.41) is 20.5. The number of rotatable bonds is 0. The van der Waals surface area contributed by atoms with Crippen molar-refractivity contribution < 1.29 is 9.90 Å². The Kier molecular flexibility index (Phi) is 4.66. The van der Waals surface area contributed by atoms with Gasteiger partial charge in [0.15, 0.2) is 0 Å². The summed E-state index contributed by atoms with van der Waals surface area (Å²) in [4.78, 5) is 9.00. The van der Waals surface area contributed by atoms with Gasteiger partial charge >= 0.3 is 0 Å². The van der Waals surface area contributed by atoms with Gasteiger partial charge in [0.1, 0.15) is 0 Å². The molecule has 0 saturated heterocycles. The predicted octanol–water partition coefficient (Wildman–Crippen LogP) is -0.643. The zero-order valence-electron chi connectivity index (χ0n) is 5.30. The van der Waals surface area contributed by atoms with Gasteiger partial charge in [0.25, 0.3) is 5.97 Å². The minimum Gasteiger partial charge on any atom is -0.481 e. The molecule has 0 aliphatic heterocycles. The molecule has 0 spiro atoms. The standard InChI is InChI=1S/C2H2N4.C2H4O2/c1-2-4-6-5-3-1;1-2(3)4/h1-2H;1H3,(H,3,4). The fourth-order valence-corrected chi connectivity index (χ4v) is 0.165. The molecule has 1 rings (SSSR count). The van der Waals surface area contributed by atoms with E-state index in [4.69, 9.17) is 9.90 Å². The van der Waals surface area contributed by atoms with E-state index < -0.39 is 5.97 Å². The Hall–Kier alpha value is -1.59. The minimum absolute atomic E-state index is 0.833. The number of aromatic nitrogens is 4. The first kappa shape index (κ1) is 8.41. The van der Waals surface area contributed by atoms with Gasteiger partial charge in [-0.2, -0.15) is 0 Å². The number of hydrogen-bond acceptors (Lipinski definition) is 5. The molecule has 6 heteroatoms. The third kappa shape index (κ3) is 9.65. The summed E-state index contributed by atoms with van der Waals surface area (Å²) < 4.78 is 0. The van der Waals surface area contributed by atoms with Crippen LogP contribution in [-0.4, -0.2) is 31.7 Å². The predicted molar refractivity (Wildman–Crippen MR) is 30.9 cm³/mol. The Morgan fingerprint density at radius 1 is 1.30 bits per heavy atom. The van der Waals surface area contributed by atoms with Gasteiger partial charge < -0.3 is 5.11 Å². The van der Waals surface area contributed by atoms with Crippen molar-refractivity contribution in [1.82, 2.24) is 20.6 Å². The molecule has 0 aromatic carbocycles. The van der Waals surface area contributed by atoms with Crippen molar-refractivity contribution in [2.75, 3.05) is 0 Å². The highest BCUT2D eigenvalue weighted by molar-refractivity contribution is 5.62. The summed E-state index contributed by atoms with van der Waals surface area (Å²) >= 11 is 0. The smallest absolute Gasteiger partial charge is 0.300 e. The Bertz CT molecular complexity index is 147. The number of carboxylic acid groups (broad SMARTS) is 1. The largest absolute Gasteiger partial charge is 0.481 e. The molecule has 1 aromatic rings. The third-order valence-corrected chi connectivity index (χ3v) is 0.343. The van der Waals surface area contributed by atoms with E-state index in [9.17, 15) is 0 Å². The van der Waals surface area contributed by atoms with E-state index in [2.05, 4.69) is 20.6 Å². The minimum atomic E-state index is -0.833. The second-order valence-corrected chi connectivity index (χ2v) is 1.23. The lowest BCUT2D eigenvalue weighted by atomic mass is 10.9. The normalized spacial score (nSPS) is 7.30. The summed E-state index contributed by atoms with van der Waals surface area (Å²) in [6.45, 7) is 1.08. The van der Waals surface area contributed by atoms with Gasteiger partial charge in [0.2, 0.25) is 0 Å². The van der Waals surface area contributed by atoms with Gasteiger partial charge in [-0.25, -0.2) is 0 Å².